The van der Waals surface area contributed by atoms with Crippen LogP contribution in [0.1, 0.15) is 18.9 Å². The van der Waals surface area contributed by atoms with E-state index in [9.17, 15) is 10.1 Å². The lowest BCUT2D eigenvalue weighted by Crippen LogP contribution is -2.55. The average molecular weight is 409 g/mol. The number of carbonyl (C=O) groups is 1. The summed E-state index contributed by atoms with van der Waals surface area (Å²) < 4.78 is 0. The van der Waals surface area contributed by atoms with Crippen LogP contribution >= 0.6 is 0 Å². The molecule has 0 radical (unpaired) electrons. The van der Waals surface area contributed by atoms with Crippen LogP contribution in [0.15, 0.2) is 43.4 Å². The molecule has 0 saturated carbocycles. The van der Waals surface area contributed by atoms with Gasteiger partial charge in [0, 0.05) is 75.9 Å². The number of carbonyl (C=O) groups excluding carboxylic acids is 1. The Balaban J connectivity index is 1.97. The van der Waals surface area contributed by atoms with E-state index in [1.165, 1.54) is 0 Å². The van der Waals surface area contributed by atoms with Gasteiger partial charge in [0.1, 0.15) is 6.04 Å². The number of nitrogens with one attached hydrogen (secondary N) is 1. The molecule has 1 atom stereocenters. The summed E-state index contributed by atoms with van der Waals surface area (Å²) in [7, 11) is 5.89. The standard InChI is InChI=1S/C23H32N6O/c1-6-26(4)14-19-11-20(29-17-23(12-22(29)30)15-27(5)16-23)7-8-21(19)28(10-9-25-3)18(2)13-24/h6-11,18,25H,1,12,14-17H2,2-5H3/b10-9-. The molecule has 2 saturated heterocycles. The highest BCUT2D eigenvalue weighted by Crippen LogP contribution is 2.42. The monoisotopic (exact) mass is 408 g/mol. The zero-order valence-electron chi connectivity index (χ0n) is 18.4. The predicted octanol–water partition coefficient (Wildman–Crippen LogP) is 2.34. The molecular formula is C23H32N6O. The van der Waals surface area contributed by atoms with E-state index in [2.05, 4.69) is 36.0 Å². The molecule has 2 fully saturated rings. The minimum atomic E-state index is -0.338. The van der Waals surface area contributed by atoms with E-state index in [1.807, 2.05) is 60.3 Å². The van der Waals surface area contributed by atoms with Crippen molar-refractivity contribution in [1.29, 1.82) is 5.26 Å². The van der Waals surface area contributed by atoms with Gasteiger partial charge in [0.05, 0.1) is 6.07 Å². The fourth-order valence-corrected chi connectivity index (χ4v) is 4.53. The predicted molar refractivity (Wildman–Crippen MR) is 121 cm³/mol. The van der Waals surface area contributed by atoms with Gasteiger partial charge in [0.25, 0.3) is 0 Å². The molecule has 30 heavy (non-hydrogen) atoms. The molecule has 7 nitrogen and oxygen atoms in total. The Bertz CT molecular complexity index is 867. The molecule has 0 aromatic heterocycles. The molecule has 3 rings (SSSR count). The van der Waals surface area contributed by atoms with E-state index in [0.717, 1.165) is 36.6 Å². The smallest absolute Gasteiger partial charge is 0.227 e. The van der Waals surface area contributed by atoms with Crippen LogP contribution in [0.25, 0.3) is 0 Å². The third-order valence-corrected chi connectivity index (χ3v) is 5.92. The first-order valence-electron chi connectivity index (χ1n) is 10.3. The molecular weight excluding hydrogens is 376 g/mol. The summed E-state index contributed by atoms with van der Waals surface area (Å²) in [6.45, 7) is 9.07. The Morgan fingerprint density at radius 3 is 2.73 bits per heavy atom. The highest BCUT2D eigenvalue weighted by atomic mass is 16.2. The summed E-state index contributed by atoms with van der Waals surface area (Å²) in [6, 6.07) is 8.07. The Hall–Kier alpha value is -2.98. The zero-order chi connectivity index (χ0) is 21.9. The van der Waals surface area contributed by atoms with Gasteiger partial charge in [0.15, 0.2) is 0 Å². The maximum atomic E-state index is 12.8. The van der Waals surface area contributed by atoms with Gasteiger partial charge in [-0.15, -0.1) is 0 Å². The number of anilines is 2. The lowest BCUT2D eigenvalue weighted by atomic mass is 9.79. The molecule has 1 N–H and O–H groups in total. The first-order valence-corrected chi connectivity index (χ1v) is 10.3. The van der Waals surface area contributed by atoms with Crippen molar-refractivity contribution < 1.29 is 4.79 Å². The maximum Gasteiger partial charge on any atom is 0.227 e. The van der Waals surface area contributed by atoms with Gasteiger partial charge >= 0.3 is 0 Å². The number of rotatable bonds is 8. The quantitative estimate of drug-likeness (QED) is 0.712. The molecule has 160 valence electrons. The van der Waals surface area contributed by atoms with E-state index >= 15 is 0 Å². The average Bonchev–Trinajstić information content (AvgIpc) is 3.05. The SMILES string of the molecule is C=CN(C)Cc1cc(N2CC3(CC2=O)CN(C)C3)ccc1N(/C=C\NC)C(C)C#N. The van der Waals surface area contributed by atoms with Gasteiger partial charge in [-0.05, 0) is 43.9 Å². The number of hydrogen-bond donors (Lipinski definition) is 1. The molecule has 2 heterocycles. The minimum absolute atomic E-state index is 0.0967. The molecule has 1 aromatic rings. The molecule has 2 aliphatic rings. The van der Waals surface area contributed by atoms with Gasteiger partial charge in [0.2, 0.25) is 5.91 Å². The van der Waals surface area contributed by atoms with E-state index in [0.29, 0.717) is 13.0 Å². The molecule has 0 aliphatic carbocycles. The Morgan fingerprint density at radius 2 is 2.13 bits per heavy atom. The van der Waals surface area contributed by atoms with Crippen LogP contribution in [-0.2, 0) is 11.3 Å². The summed E-state index contributed by atoms with van der Waals surface area (Å²) >= 11 is 0. The number of amides is 1. The topological polar surface area (TPSA) is 65.8 Å². The number of nitrogens with zero attached hydrogens (tertiary/aromatic N) is 5. The highest BCUT2D eigenvalue weighted by molar-refractivity contribution is 5.97. The van der Waals surface area contributed by atoms with Crippen molar-refractivity contribution in [3.8, 4) is 6.07 Å². The Labute approximate surface area is 179 Å². The van der Waals surface area contributed by atoms with E-state index in [1.54, 1.807) is 6.20 Å². The van der Waals surface area contributed by atoms with Crippen LogP contribution < -0.4 is 15.1 Å². The van der Waals surface area contributed by atoms with Gasteiger partial charge in [-0.2, -0.15) is 5.26 Å². The van der Waals surface area contributed by atoms with Crippen molar-refractivity contribution in [2.45, 2.75) is 25.9 Å². The second-order valence-corrected chi connectivity index (χ2v) is 8.56. The van der Waals surface area contributed by atoms with Crippen LogP contribution in [-0.4, -0.2) is 62.5 Å². The van der Waals surface area contributed by atoms with Gasteiger partial charge in [-0.1, -0.05) is 6.58 Å². The normalized spacial score (nSPS) is 18.9. The minimum Gasteiger partial charge on any atom is -0.393 e. The molecule has 1 amide bonds. The zero-order valence-corrected chi connectivity index (χ0v) is 18.4. The van der Waals surface area contributed by atoms with Crippen LogP contribution in [0.4, 0.5) is 11.4 Å². The van der Waals surface area contributed by atoms with Crippen LogP contribution in [0.5, 0.6) is 0 Å². The van der Waals surface area contributed by atoms with Crippen LogP contribution in [0.2, 0.25) is 0 Å². The number of hydrogen-bond acceptors (Lipinski definition) is 6. The first kappa shape index (κ1) is 21.7. The summed E-state index contributed by atoms with van der Waals surface area (Å²) in [5.41, 5.74) is 3.00. The van der Waals surface area contributed by atoms with Crippen molar-refractivity contribution in [2.24, 2.45) is 5.41 Å². The van der Waals surface area contributed by atoms with Crippen molar-refractivity contribution in [3.05, 3.63) is 48.9 Å². The second-order valence-electron chi connectivity index (χ2n) is 8.56. The Morgan fingerprint density at radius 1 is 1.40 bits per heavy atom. The van der Waals surface area contributed by atoms with E-state index in [-0.39, 0.29) is 17.4 Å². The first-order chi connectivity index (χ1) is 14.3. The molecule has 2 aliphatic heterocycles. The van der Waals surface area contributed by atoms with Gasteiger partial charge in [-0.25, -0.2) is 0 Å². The maximum absolute atomic E-state index is 12.8. The molecule has 7 heteroatoms. The fourth-order valence-electron chi connectivity index (χ4n) is 4.53. The van der Waals surface area contributed by atoms with Gasteiger partial charge < -0.3 is 24.9 Å². The molecule has 0 bridgehead atoms. The van der Waals surface area contributed by atoms with Crippen molar-refractivity contribution >= 4 is 17.3 Å². The molecule has 1 spiro atoms. The molecule has 1 unspecified atom stereocenters. The summed E-state index contributed by atoms with van der Waals surface area (Å²) in [5, 5.41) is 12.5. The van der Waals surface area contributed by atoms with E-state index in [4.69, 9.17) is 0 Å². The second kappa shape index (κ2) is 8.80. The summed E-state index contributed by atoms with van der Waals surface area (Å²) in [5.74, 6) is 0.191. The van der Waals surface area contributed by atoms with E-state index < -0.39 is 0 Å². The number of likely N-dealkylation sites (tertiary alicyclic amines) is 1. The lowest BCUT2D eigenvalue weighted by Gasteiger charge is -2.45. The van der Waals surface area contributed by atoms with Crippen molar-refractivity contribution in [1.82, 2.24) is 15.1 Å². The molecule has 1 aromatic carbocycles. The van der Waals surface area contributed by atoms with Crippen LogP contribution in [0, 0.1) is 16.7 Å². The number of nitriles is 1. The number of benzene rings is 1. The largest absolute Gasteiger partial charge is 0.393 e. The Kier molecular flexibility index (Phi) is 6.37. The van der Waals surface area contributed by atoms with Crippen molar-refractivity contribution in [2.75, 3.05) is 50.6 Å². The third-order valence-electron chi connectivity index (χ3n) is 5.92. The highest BCUT2D eigenvalue weighted by Gasteiger charge is 2.50. The van der Waals surface area contributed by atoms with Gasteiger partial charge in [-0.3, -0.25) is 4.79 Å². The fraction of sp³-hybridized carbons (Fsp3) is 0.478. The summed E-state index contributed by atoms with van der Waals surface area (Å²) in [4.78, 5) is 20.9. The van der Waals surface area contributed by atoms with Crippen molar-refractivity contribution in [3.63, 3.8) is 0 Å². The van der Waals surface area contributed by atoms with Crippen LogP contribution in [0.3, 0.4) is 0 Å². The summed E-state index contributed by atoms with van der Waals surface area (Å²) in [6.07, 6.45) is 6.08. The lowest BCUT2D eigenvalue weighted by molar-refractivity contribution is -0.118. The third kappa shape index (κ3) is 4.29.